The molecule has 0 fully saturated rings. The predicted octanol–water partition coefficient (Wildman–Crippen LogP) is 7.40. The van der Waals surface area contributed by atoms with Crippen molar-refractivity contribution in [2.45, 2.75) is 6.42 Å². The van der Waals surface area contributed by atoms with Gasteiger partial charge in [-0.25, -0.2) is 0 Å². The van der Waals surface area contributed by atoms with Gasteiger partial charge in [-0.1, -0.05) is 36.4 Å². The van der Waals surface area contributed by atoms with E-state index in [0.717, 1.165) is 61.7 Å². The molecular weight excluding hydrogens is 428 g/mol. The first kappa shape index (κ1) is 19.7. The van der Waals surface area contributed by atoms with Crippen molar-refractivity contribution < 1.29 is 0 Å². The Morgan fingerprint density at radius 2 is 1.23 bits per heavy atom. The Morgan fingerprint density at radius 1 is 0.600 bits per heavy atom. The molecule has 0 spiro atoms. The van der Waals surface area contributed by atoms with E-state index >= 15 is 0 Å². The van der Waals surface area contributed by atoms with Gasteiger partial charge in [0, 0.05) is 34.5 Å². The maximum atomic E-state index is 4.75. The van der Waals surface area contributed by atoms with Crippen LogP contribution in [-0.4, -0.2) is 19.1 Å². The summed E-state index contributed by atoms with van der Waals surface area (Å²) in [4.78, 5) is 9.44. The molecule has 0 bridgehead atoms. The maximum Gasteiger partial charge on any atom is 0.0963 e. The molecule has 0 N–H and O–H groups in total. The van der Waals surface area contributed by atoms with E-state index in [1.54, 1.807) is 0 Å². The topological polar surface area (TPSA) is 35.6 Å². The molecule has 0 radical (unpaired) electrons. The number of pyridine rings is 2. The van der Waals surface area contributed by atoms with E-state index in [-0.39, 0.29) is 0 Å². The van der Waals surface area contributed by atoms with Crippen LogP contribution in [0.2, 0.25) is 0 Å². The van der Waals surface area contributed by atoms with Crippen LogP contribution < -0.4 is 0 Å². The fraction of sp³-hybridized carbons (Fsp3) is 0.0323. The molecule has 7 aromatic rings. The Labute approximate surface area is 202 Å². The van der Waals surface area contributed by atoms with Gasteiger partial charge in [0.15, 0.2) is 0 Å². The second-order valence-electron chi connectivity index (χ2n) is 8.79. The second-order valence-corrected chi connectivity index (χ2v) is 8.79. The first-order valence-corrected chi connectivity index (χ1v) is 11.8. The summed E-state index contributed by atoms with van der Waals surface area (Å²) in [6, 6.07) is 32.1. The second kappa shape index (κ2) is 7.67. The number of para-hydroxylation sites is 1. The summed E-state index contributed by atoms with van der Waals surface area (Å²) in [6.45, 7) is 3.90. The molecule has 4 aromatic heterocycles. The summed E-state index contributed by atoms with van der Waals surface area (Å²) in [6.07, 6.45) is 6.51. The summed E-state index contributed by atoms with van der Waals surface area (Å²) in [5.41, 5.74) is 9.96. The van der Waals surface area contributed by atoms with Crippen LogP contribution >= 0.6 is 0 Å². The molecule has 0 amide bonds. The number of hydrogen-bond acceptors (Lipinski definition) is 2. The van der Waals surface area contributed by atoms with Crippen molar-refractivity contribution in [3.8, 4) is 11.4 Å². The average Bonchev–Trinajstić information content (AvgIpc) is 3.42. The third-order valence-corrected chi connectivity index (χ3v) is 6.74. The first-order chi connectivity index (χ1) is 17.3. The molecule has 4 heterocycles. The molecule has 7 rings (SSSR count). The van der Waals surface area contributed by atoms with Gasteiger partial charge in [-0.3, -0.25) is 9.97 Å². The molecule has 4 nitrogen and oxygen atoms in total. The van der Waals surface area contributed by atoms with Crippen LogP contribution in [0.3, 0.4) is 0 Å². The fourth-order valence-corrected chi connectivity index (χ4v) is 5.29. The molecular formula is C31H22N4. The molecule has 0 saturated carbocycles. The number of benzene rings is 3. The van der Waals surface area contributed by atoms with Crippen LogP contribution in [0.15, 0.2) is 116 Å². The Kier molecular flexibility index (Phi) is 4.33. The number of fused-ring (bicyclic) bond motifs is 6. The number of aromatic nitrogens is 4. The lowest BCUT2D eigenvalue weighted by atomic mass is 10.1. The number of hydrogen-bond donors (Lipinski definition) is 0. The van der Waals surface area contributed by atoms with Gasteiger partial charge in [0.25, 0.3) is 0 Å². The SMILES string of the molecule is C=CCc1ccc2c(c1)c1ncccc1n2-c1cccc(-n2c3ccccc3c3ncccc32)c1. The van der Waals surface area contributed by atoms with Crippen molar-refractivity contribution in [1.29, 1.82) is 0 Å². The molecule has 166 valence electrons. The third-order valence-electron chi connectivity index (χ3n) is 6.74. The average molecular weight is 451 g/mol. The van der Waals surface area contributed by atoms with Crippen molar-refractivity contribution in [2.75, 3.05) is 0 Å². The Hall–Kier alpha value is -4.70. The number of rotatable bonds is 4. The quantitative estimate of drug-likeness (QED) is 0.262. The van der Waals surface area contributed by atoms with Crippen LogP contribution in [0, 0.1) is 0 Å². The van der Waals surface area contributed by atoms with Crippen LogP contribution in [-0.2, 0) is 6.42 Å². The zero-order valence-electron chi connectivity index (χ0n) is 19.1. The smallest absolute Gasteiger partial charge is 0.0963 e. The monoisotopic (exact) mass is 450 g/mol. The summed E-state index contributed by atoms with van der Waals surface area (Å²) in [5, 5.41) is 2.32. The van der Waals surface area contributed by atoms with Gasteiger partial charge in [0.05, 0.1) is 33.1 Å². The Morgan fingerprint density at radius 3 is 1.94 bits per heavy atom. The van der Waals surface area contributed by atoms with Gasteiger partial charge < -0.3 is 9.13 Å². The normalized spacial score (nSPS) is 11.7. The van der Waals surface area contributed by atoms with Crippen molar-refractivity contribution in [3.63, 3.8) is 0 Å². The van der Waals surface area contributed by atoms with Gasteiger partial charge in [-0.05, 0) is 72.6 Å². The minimum atomic E-state index is 0.840. The third kappa shape index (κ3) is 2.93. The van der Waals surface area contributed by atoms with Crippen LogP contribution in [0.5, 0.6) is 0 Å². The molecule has 0 aliphatic carbocycles. The van der Waals surface area contributed by atoms with E-state index in [1.165, 1.54) is 5.56 Å². The lowest BCUT2D eigenvalue weighted by molar-refractivity contribution is 1.13. The van der Waals surface area contributed by atoms with Crippen LogP contribution in [0.4, 0.5) is 0 Å². The standard InChI is InChI=1S/C31H22N4/c1-2-8-21-15-16-27-25(19-21)31-29(14-7-18-33-31)35(27)23-10-5-9-22(20-23)34-26-12-4-3-11-24(26)30-28(34)13-6-17-32-30/h2-7,9-20H,1,8H2. The van der Waals surface area contributed by atoms with Gasteiger partial charge in [0.1, 0.15) is 0 Å². The summed E-state index contributed by atoms with van der Waals surface area (Å²) >= 11 is 0. The zero-order chi connectivity index (χ0) is 23.4. The van der Waals surface area contributed by atoms with E-state index in [0.29, 0.717) is 0 Å². The van der Waals surface area contributed by atoms with Crippen molar-refractivity contribution in [3.05, 3.63) is 122 Å². The van der Waals surface area contributed by atoms with Crippen molar-refractivity contribution in [2.24, 2.45) is 0 Å². The molecule has 0 atom stereocenters. The van der Waals surface area contributed by atoms with E-state index in [2.05, 4.69) is 94.6 Å². The summed E-state index contributed by atoms with van der Waals surface area (Å²) in [5.74, 6) is 0. The predicted molar refractivity (Wildman–Crippen MR) is 145 cm³/mol. The highest BCUT2D eigenvalue weighted by molar-refractivity contribution is 6.08. The van der Waals surface area contributed by atoms with Gasteiger partial charge in [-0.15, -0.1) is 6.58 Å². The van der Waals surface area contributed by atoms with Gasteiger partial charge in [-0.2, -0.15) is 0 Å². The number of allylic oxidation sites excluding steroid dienone is 1. The molecule has 0 saturated heterocycles. The van der Waals surface area contributed by atoms with Crippen LogP contribution in [0.1, 0.15) is 5.56 Å². The van der Waals surface area contributed by atoms with E-state index in [1.807, 2.05) is 30.6 Å². The minimum absolute atomic E-state index is 0.840. The fourth-order valence-electron chi connectivity index (χ4n) is 5.29. The maximum absolute atomic E-state index is 4.75. The highest BCUT2D eigenvalue weighted by atomic mass is 15.0. The van der Waals surface area contributed by atoms with Gasteiger partial charge >= 0.3 is 0 Å². The van der Waals surface area contributed by atoms with Crippen molar-refractivity contribution in [1.82, 2.24) is 19.1 Å². The van der Waals surface area contributed by atoms with Crippen molar-refractivity contribution >= 4 is 43.9 Å². The number of nitrogens with zero attached hydrogens (tertiary/aromatic N) is 4. The minimum Gasteiger partial charge on any atom is -0.308 e. The molecule has 0 unspecified atom stereocenters. The van der Waals surface area contributed by atoms with E-state index in [4.69, 9.17) is 9.97 Å². The largest absolute Gasteiger partial charge is 0.308 e. The first-order valence-electron chi connectivity index (χ1n) is 11.8. The highest BCUT2D eigenvalue weighted by Crippen LogP contribution is 2.34. The lowest BCUT2D eigenvalue weighted by Gasteiger charge is -2.12. The Bertz CT molecular complexity index is 1850. The van der Waals surface area contributed by atoms with Gasteiger partial charge in [0.2, 0.25) is 0 Å². The Balaban J connectivity index is 1.51. The molecule has 4 heteroatoms. The van der Waals surface area contributed by atoms with E-state index in [9.17, 15) is 0 Å². The lowest BCUT2D eigenvalue weighted by Crippen LogP contribution is -1.98. The molecule has 35 heavy (non-hydrogen) atoms. The van der Waals surface area contributed by atoms with E-state index < -0.39 is 0 Å². The molecule has 0 aliphatic rings. The summed E-state index contributed by atoms with van der Waals surface area (Å²) < 4.78 is 4.61. The molecule has 3 aromatic carbocycles. The molecule has 0 aliphatic heterocycles. The highest BCUT2D eigenvalue weighted by Gasteiger charge is 2.16. The van der Waals surface area contributed by atoms with Crippen LogP contribution in [0.25, 0.3) is 55.2 Å². The summed E-state index contributed by atoms with van der Waals surface area (Å²) in [7, 11) is 0. The zero-order valence-corrected chi connectivity index (χ0v) is 19.1.